The van der Waals surface area contributed by atoms with Crippen molar-refractivity contribution in [2.24, 2.45) is 0 Å². The molecule has 0 bridgehead atoms. The van der Waals surface area contributed by atoms with Crippen molar-refractivity contribution in [3.8, 4) is 0 Å². The second-order valence-electron chi connectivity index (χ2n) is 20.2. The van der Waals surface area contributed by atoms with Gasteiger partial charge in [0.05, 0.1) is 0 Å². The third-order valence-corrected chi connectivity index (χ3v) is 13.3. The van der Waals surface area contributed by atoms with Crippen LogP contribution in [0.25, 0.3) is 0 Å². The highest BCUT2D eigenvalue weighted by atomic mass is 16.6. The summed E-state index contributed by atoms with van der Waals surface area (Å²) in [5.74, 6) is -0.892. The molecule has 0 aromatic rings. The highest BCUT2D eigenvalue weighted by molar-refractivity contribution is 5.71. The topological polar surface area (TPSA) is 78.9 Å². The van der Waals surface area contributed by atoms with Crippen LogP contribution in [0.15, 0.2) is 48.6 Å². The van der Waals surface area contributed by atoms with E-state index in [2.05, 4.69) is 69.4 Å². The molecular weight excluding hydrogens is 853 g/mol. The Balaban J connectivity index is 4.21. The molecule has 0 aliphatic rings. The summed E-state index contributed by atoms with van der Waals surface area (Å²) in [6.45, 7) is 6.57. The maximum Gasteiger partial charge on any atom is 0.306 e. The molecule has 6 heteroatoms. The SMILES string of the molecule is CCC/C=C\CCCCCCCC(=O)OCC(COC(=O)CCCCCCCCCCCCCCC/C=C\CCCCCCCCCC)OC(=O)CCCCCCC/C=C\C/C=C\CCCCCC. The number of carbonyl (C=O) groups excluding carboxylic acids is 3. The van der Waals surface area contributed by atoms with Crippen LogP contribution in [-0.4, -0.2) is 37.2 Å². The van der Waals surface area contributed by atoms with Gasteiger partial charge in [-0.3, -0.25) is 14.4 Å². The summed E-state index contributed by atoms with van der Waals surface area (Å²) in [6.07, 6.45) is 71.2. The smallest absolute Gasteiger partial charge is 0.306 e. The van der Waals surface area contributed by atoms with Crippen molar-refractivity contribution in [1.82, 2.24) is 0 Å². The second-order valence-corrected chi connectivity index (χ2v) is 20.2. The number of esters is 3. The molecule has 0 heterocycles. The number of unbranched alkanes of at least 4 members (excludes halogenated alkanes) is 36. The predicted molar refractivity (Wildman–Crippen MR) is 298 cm³/mol. The summed E-state index contributed by atoms with van der Waals surface area (Å²) in [5.41, 5.74) is 0. The monoisotopic (exact) mass is 967 g/mol. The lowest BCUT2D eigenvalue weighted by atomic mass is 10.0. The van der Waals surface area contributed by atoms with Crippen molar-refractivity contribution in [3.05, 3.63) is 48.6 Å². The summed E-state index contributed by atoms with van der Waals surface area (Å²) in [5, 5.41) is 0. The third-order valence-electron chi connectivity index (χ3n) is 13.3. The van der Waals surface area contributed by atoms with Crippen molar-refractivity contribution in [2.75, 3.05) is 13.2 Å². The fourth-order valence-electron chi connectivity index (χ4n) is 8.71. The average Bonchev–Trinajstić information content (AvgIpc) is 3.35. The molecule has 0 saturated heterocycles. The highest BCUT2D eigenvalue weighted by Crippen LogP contribution is 2.16. The van der Waals surface area contributed by atoms with Gasteiger partial charge in [-0.25, -0.2) is 0 Å². The van der Waals surface area contributed by atoms with Gasteiger partial charge in [-0.05, 0) is 96.3 Å². The van der Waals surface area contributed by atoms with Gasteiger partial charge in [-0.1, -0.05) is 249 Å². The molecular formula is C63H114O6. The molecule has 402 valence electrons. The van der Waals surface area contributed by atoms with Gasteiger partial charge in [0.1, 0.15) is 13.2 Å². The van der Waals surface area contributed by atoms with Crippen LogP contribution >= 0.6 is 0 Å². The number of rotatable bonds is 55. The van der Waals surface area contributed by atoms with Crippen LogP contribution in [0.4, 0.5) is 0 Å². The van der Waals surface area contributed by atoms with Gasteiger partial charge in [0, 0.05) is 19.3 Å². The van der Waals surface area contributed by atoms with Gasteiger partial charge in [0.2, 0.25) is 0 Å². The Labute approximate surface area is 428 Å². The molecule has 1 atom stereocenters. The van der Waals surface area contributed by atoms with Crippen molar-refractivity contribution in [3.63, 3.8) is 0 Å². The molecule has 0 aromatic heterocycles. The normalized spacial score (nSPS) is 12.3. The Morgan fingerprint density at radius 2 is 0.551 bits per heavy atom. The summed E-state index contributed by atoms with van der Waals surface area (Å²) in [7, 11) is 0. The standard InChI is InChI=1S/C63H114O6/c1-4-7-10-13-16-19-22-24-26-28-29-30-31-32-33-34-35-36-38-39-41-44-47-50-53-56-62(65)68-59-60(58-67-61(64)55-52-49-46-43-21-18-15-12-9-6-3)69-63(66)57-54-51-48-45-42-40-37-27-25-23-20-17-14-11-8-5-2/h12,15,20,23,27-29,37,60H,4-11,13-14,16-19,21-22,24-26,30-36,38-59H2,1-3H3/b15-12-,23-20-,29-28-,37-27-. The molecule has 0 aromatic carbocycles. The first-order chi connectivity index (χ1) is 34.0. The Kier molecular flexibility index (Phi) is 55.7. The van der Waals surface area contributed by atoms with Crippen LogP contribution < -0.4 is 0 Å². The first kappa shape index (κ1) is 66.4. The molecule has 0 radical (unpaired) electrons. The lowest BCUT2D eigenvalue weighted by molar-refractivity contribution is -0.167. The fourth-order valence-corrected chi connectivity index (χ4v) is 8.71. The predicted octanol–water partition coefficient (Wildman–Crippen LogP) is 20.2. The number of hydrogen-bond acceptors (Lipinski definition) is 6. The van der Waals surface area contributed by atoms with Crippen molar-refractivity contribution in [1.29, 1.82) is 0 Å². The first-order valence-corrected chi connectivity index (χ1v) is 30.1. The second kappa shape index (κ2) is 57.9. The molecule has 0 rings (SSSR count). The largest absolute Gasteiger partial charge is 0.462 e. The maximum absolute atomic E-state index is 12.8. The number of allylic oxidation sites excluding steroid dienone is 8. The number of carbonyl (C=O) groups is 3. The van der Waals surface area contributed by atoms with E-state index in [1.165, 1.54) is 180 Å². The zero-order valence-corrected chi connectivity index (χ0v) is 46.1. The zero-order valence-electron chi connectivity index (χ0n) is 46.1. The first-order valence-electron chi connectivity index (χ1n) is 30.1. The van der Waals surface area contributed by atoms with Gasteiger partial charge in [-0.2, -0.15) is 0 Å². The Morgan fingerprint density at radius 1 is 0.290 bits per heavy atom. The summed E-state index contributed by atoms with van der Waals surface area (Å²) in [4.78, 5) is 38.1. The Bertz CT molecular complexity index is 1200. The molecule has 0 N–H and O–H groups in total. The quantitative estimate of drug-likeness (QED) is 0.0262. The molecule has 69 heavy (non-hydrogen) atoms. The molecule has 0 amide bonds. The van der Waals surface area contributed by atoms with Crippen LogP contribution in [0.5, 0.6) is 0 Å². The van der Waals surface area contributed by atoms with E-state index < -0.39 is 6.10 Å². The minimum atomic E-state index is -0.782. The van der Waals surface area contributed by atoms with Gasteiger partial charge in [0.25, 0.3) is 0 Å². The van der Waals surface area contributed by atoms with Crippen LogP contribution in [-0.2, 0) is 28.6 Å². The van der Waals surface area contributed by atoms with Crippen LogP contribution in [0.3, 0.4) is 0 Å². The van der Waals surface area contributed by atoms with Gasteiger partial charge >= 0.3 is 17.9 Å². The van der Waals surface area contributed by atoms with Crippen LogP contribution in [0.2, 0.25) is 0 Å². The number of ether oxygens (including phenoxy) is 3. The van der Waals surface area contributed by atoms with E-state index in [0.29, 0.717) is 19.3 Å². The van der Waals surface area contributed by atoms with E-state index in [-0.39, 0.29) is 31.1 Å². The van der Waals surface area contributed by atoms with E-state index >= 15 is 0 Å². The van der Waals surface area contributed by atoms with Crippen LogP contribution in [0.1, 0.15) is 316 Å². The molecule has 0 spiro atoms. The van der Waals surface area contributed by atoms with E-state index in [0.717, 1.165) is 96.3 Å². The molecule has 0 fully saturated rings. The minimum absolute atomic E-state index is 0.0798. The maximum atomic E-state index is 12.8. The molecule has 1 unspecified atom stereocenters. The van der Waals surface area contributed by atoms with Gasteiger partial charge in [0.15, 0.2) is 6.10 Å². The van der Waals surface area contributed by atoms with Crippen LogP contribution in [0, 0.1) is 0 Å². The molecule has 0 aliphatic heterocycles. The lowest BCUT2D eigenvalue weighted by Gasteiger charge is -2.18. The summed E-state index contributed by atoms with van der Waals surface area (Å²) < 4.78 is 16.8. The average molecular weight is 968 g/mol. The Morgan fingerprint density at radius 3 is 0.884 bits per heavy atom. The summed E-state index contributed by atoms with van der Waals surface area (Å²) in [6, 6.07) is 0. The minimum Gasteiger partial charge on any atom is -0.462 e. The van der Waals surface area contributed by atoms with Crippen molar-refractivity contribution >= 4 is 17.9 Å². The third kappa shape index (κ3) is 56.2. The fraction of sp³-hybridized carbons (Fsp3) is 0.825. The van der Waals surface area contributed by atoms with E-state index in [4.69, 9.17) is 14.2 Å². The number of hydrogen-bond donors (Lipinski definition) is 0. The lowest BCUT2D eigenvalue weighted by Crippen LogP contribution is -2.30. The highest BCUT2D eigenvalue weighted by Gasteiger charge is 2.19. The van der Waals surface area contributed by atoms with E-state index in [9.17, 15) is 14.4 Å². The molecule has 6 nitrogen and oxygen atoms in total. The van der Waals surface area contributed by atoms with E-state index in [1.807, 2.05) is 0 Å². The Hall–Kier alpha value is -2.63. The van der Waals surface area contributed by atoms with Gasteiger partial charge < -0.3 is 14.2 Å². The van der Waals surface area contributed by atoms with E-state index in [1.54, 1.807) is 0 Å². The van der Waals surface area contributed by atoms with Crippen molar-refractivity contribution < 1.29 is 28.6 Å². The zero-order chi connectivity index (χ0) is 50.0. The molecule has 0 saturated carbocycles. The van der Waals surface area contributed by atoms with Gasteiger partial charge in [-0.15, -0.1) is 0 Å². The van der Waals surface area contributed by atoms with Crippen molar-refractivity contribution in [2.45, 2.75) is 322 Å². The summed E-state index contributed by atoms with van der Waals surface area (Å²) >= 11 is 0. The molecule has 0 aliphatic carbocycles.